The molecule has 6 nitrogen and oxygen atoms in total. The molecule has 260 valence electrons. The lowest BCUT2D eigenvalue weighted by Gasteiger charge is -2.26. The molecular formula is C45H44O6. The van der Waals surface area contributed by atoms with Crippen molar-refractivity contribution < 1.29 is 28.5 Å². The maximum absolute atomic E-state index is 12.2. The number of benzene rings is 4. The third-order valence-electron chi connectivity index (χ3n) is 8.53. The van der Waals surface area contributed by atoms with Crippen molar-refractivity contribution in [2.75, 3.05) is 0 Å². The Bertz CT molecular complexity index is 1860. The highest BCUT2D eigenvalue weighted by atomic mass is 16.7. The zero-order valence-electron chi connectivity index (χ0n) is 30.0. The van der Waals surface area contributed by atoms with Crippen LogP contribution in [0.1, 0.15) is 64.2 Å². The zero-order chi connectivity index (χ0) is 36.2. The average molecular weight is 681 g/mol. The lowest BCUT2D eigenvalue weighted by Crippen LogP contribution is -2.25. The molecule has 2 aliphatic rings. The normalized spacial score (nSPS) is 17.4. The Labute approximate surface area is 300 Å². The van der Waals surface area contributed by atoms with Crippen LogP contribution in [0.15, 0.2) is 140 Å². The van der Waals surface area contributed by atoms with Crippen LogP contribution in [0.4, 0.5) is 9.59 Å². The Kier molecular flexibility index (Phi) is 10.1. The van der Waals surface area contributed by atoms with Gasteiger partial charge in [0.1, 0.15) is 22.7 Å². The van der Waals surface area contributed by atoms with Gasteiger partial charge in [0, 0.05) is 17.8 Å². The first-order valence-electron chi connectivity index (χ1n) is 17.3. The summed E-state index contributed by atoms with van der Waals surface area (Å²) in [6.45, 7) is 10.8. The second-order valence-electron chi connectivity index (χ2n) is 14.8. The maximum Gasteiger partial charge on any atom is 0.514 e. The molecule has 0 aliphatic heterocycles. The van der Waals surface area contributed by atoms with Gasteiger partial charge < -0.3 is 18.9 Å². The lowest BCUT2D eigenvalue weighted by molar-refractivity contribution is 0.0193. The zero-order valence-corrected chi connectivity index (χ0v) is 30.0. The highest BCUT2D eigenvalue weighted by Crippen LogP contribution is 2.44. The van der Waals surface area contributed by atoms with Crippen LogP contribution in [-0.4, -0.2) is 23.5 Å². The topological polar surface area (TPSA) is 71.1 Å². The van der Waals surface area contributed by atoms with Crippen LogP contribution in [0.5, 0.6) is 11.5 Å². The van der Waals surface area contributed by atoms with E-state index in [4.69, 9.17) is 18.9 Å². The van der Waals surface area contributed by atoms with E-state index in [1.165, 1.54) is 16.7 Å². The van der Waals surface area contributed by atoms with E-state index in [1.807, 2.05) is 30.3 Å². The number of allylic oxidation sites excluding steroid dienone is 8. The summed E-state index contributed by atoms with van der Waals surface area (Å²) in [5, 5.41) is 0. The molecule has 0 aromatic heterocycles. The number of carbonyl (C=O) groups is 2. The van der Waals surface area contributed by atoms with E-state index in [-0.39, 0.29) is 17.8 Å². The number of hydrogen-bond donors (Lipinski definition) is 0. The molecule has 6 rings (SSSR count). The third kappa shape index (κ3) is 9.34. The van der Waals surface area contributed by atoms with Crippen LogP contribution in [0, 0.1) is 11.8 Å². The van der Waals surface area contributed by atoms with E-state index < -0.39 is 23.5 Å². The van der Waals surface area contributed by atoms with E-state index in [0.717, 1.165) is 22.3 Å². The Morgan fingerprint density at radius 1 is 0.510 bits per heavy atom. The number of hydrogen-bond acceptors (Lipinski definition) is 6. The summed E-state index contributed by atoms with van der Waals surface area (Å²) in [7, 11) is 0. The van der Waals surface area contributed by atoms with E-state index in [1.54, 1.807) is 65.8 Å². The minimum absolute atomic E-state index is 0.134. The fourth-order valence-corrected chi connectivity index (χ4v) is 6.29. The molecule has 0 radical (unpaired) electrons. The van der Waals surface area contributed by atoms with Crippen molar-refractivity contribution in [2.45, 2.75) is 58.7 Å². The van der Waals surface area contributed by atoms with Gasteiger partial charge in [0.05, 0.1) is 0 Å². The van der Waals surface area contributed by atoms with Crippen molar-refractivity contribution in [3.05, 3.63) is 156 Å². The quantitative estimate of drug-likeness (QED) is 0.136. The van der Waals surface area contributed by atoms with Gasteiger partial charge in [-0.3, -0.25) is 0 Å². The Morgan fingerprint density at radius 2 is 0.902 bits per heavy atom. The predicted octanol–water partition coefficient (Wildman–Crippen LogP) is 11.6. The monoisotopic (exact) mass is 680 g/mol. The highest BCUT2D eigenvalue weighted by molar-refractivity contribution is 5.79. The maximum atomic E-state index is 12.2. The van der Waals surface area contributed by atoms with Crippen LogP contribution >= 0.6 is 0 Å². The minimum Gasteiger partial charge on any atom is -0.428 e. The van der Waals surface area contributed by atoms with Gasteiger partial charge in [-0.15, -0.1) is 0 Å². The minimum atomic E-state index is -0.724. The first-order chi connectivity index (χ1) is 24.3. The molecule has 2 atom stereocenters. The second kappa shape index (κ2) is 14.7. The molecule has 0 amide bonds. The van der Waals surface area contributed by atoms with Crippen LogP contribution in [0.3, 0.4) is 0 Å². The van der Waals surface area contributed by atoms with E-state index in [9.17, 15) is 9.59 Å². The van der Waals surface area contributed by atoms with Gasteiger partial charge in [0.2, 0.25) is 0 Å². The number of rotatable bonds is 8. The summed E-state index contributed by atoms with van der Waals surface area (Å²) in [6.07, 6.45) is 12.1. The summed E-state index contributed by atoms with van der Waals surface area (Å²) in [5.41, 5.74) is 6.65. The van der Waals surface area contributed by atoms with Crippen molar-refractivity contribution in [1.29, 1.82) is 0 Å². The molecular weight excluding hydrogens is 636 g/mol. The fraction of sp³-hybridized carbons (Fsp3) is 0.244. The van der Waals surface area contributed by atoms with Gasteiger partial charge in [-0.1, -0.05) is 115 Å². The summed E-state index contributed by atoms with van der Waals surface area (Å²) < 4.78 is 21.3. The van der Waals surface area contributed by atoms with Gasteiger partial charge >= 0.3 is 12.3 Å². The first kappa shape index (κ1) is 35.2. The van der Waals surface area contributed by atoms with Crippen molar-refractivity contribution >= 4 is 23.5 Å². The molecule has 0 bridgehead atoms. The van der Waals surface area contributed by atoms with Crippen molar-refractivity contribution in [1.82, 2.24) is 0 Å². The van der Waals surface area contributed by atoms with Gasteiger partial charge in [-0.05, 0) is 105 Å². The van der Waals surface area contributed by atoms with Crippen LogP contribution in [0.2, 0.25) is 0 Å². The van der Waals surface area contributed by atoms with Gasteiger partial charge in [0.15, 0.2) is 0 Å². The Balaban J connectivity index is 1.23. The van der Waals surface area contributed by atoms with Crippen LogP contribution in [-0.2, 0) is 9.47 Å². The van der Waals surface area contributed by atoms with E-state index in [2.05, 4.69) is 85.0 Å². The van der Waals surface area contributed by atoms with Crippen LogP contribution in [0.25, 0.3) is 22.3 Å². The average Bonchev–Trinajstić information content (AvgIpc) is 3.76. The standard InChI is InChI=1S/C45H44O6/c1-44(2,3)50-42(46)48-39-24-20-32(21-25-39)35-16-18-37(28-35)41(34-14-12-31(13-15-34)30-10-8-7-9-11-30)38-19-17-36(29-38)33-22-26-40(27-23-33)49-43(47)51-45(4,5)6/h7-29,37-38,41H,1-6H3. The Hall–Kier alpha value is -5.62. The number of ether oxygens (including phenoxy) is 4. The van der Waals surface area contributed by atoms with Crippen molar-refractivity contribution in [3.63, 3.8) is 0 Å². The molecule has 0 N–H and O–H groups in total. The summed E-state index contributed by atoms with van der Waals surface area (Å²) in [6, 6.07) is 34.3. The van der Waals surface area contributed by atoms with Crippen LogP contribution < -0.4 is 9.47 Å². The fourth-order valence-electron chi connectivity index (χ4n) is 6.29. The molecule has 2 aliphatic carbocycles. The molecule has 0 fully saturated rings. The SMILES string of the molecule is CC(C)(C)OC(=O)Oc1ccc(C2=CC(C(c3ccc(-c4ccccc4)cc3)C3C=CC(c4ccc(OC(=O)OC(C)(C)C)cc4)=C3)C=C2)cc1. The van der Waals surface area contributed by atoms with E-state index in [0.29, 0.717) is 11.5 Å². The molecule has 0 saturated carbocycles. The second-order valence-corrected chi connectivity index (χ2v) is 14.8. The Morgan fingerprint density at radius 3 is 1.31 bits per heavy atom. The van der Waals surface area contributed by atoms with Gasteiger partial charge in [0.25, 0.3) is 0 Å². The predicted molar refractivity (Wildman–Crippen MR) is 202 cm³/mol. The van der Waals surface area contributed by atoms with E-state index >= 15 is 0 Å². The summed E-state index contributed by atoms with van der Waals surface area (Å²) in [4.78, 5) is 24.3. The highest BCUT2D eigenvalue weighted by Gasteiger charge is 2.30. The summed E-state index contributed by atoms with van der Waals surface area (Å²) in [5.74, 6) is 1.27. The van der Waals surface area contributed by atoms with Gasteiger partial charge in [-0.25, -0.2) is 9.59 Å². The first-order valence-corrected chi connectivity index (χ1v) is 17.3. The largest absolute Gasteiger partial charge is 0.514 e. The molecule has 6 heteroatoms. The molecule has 2 unspecified atom stereocenters. The molecule has 0 heterocycles. The molecule has 4 aromatic carbocycles. The molecule has 51 heavy (non-hydrogen) atoms. The lowest BCUT2D eigenvalue weighted by atomic mass is 9.77. The molecule has 4 aromatic rings. The van der Waals surface area contributed by atoms with Gasteiger partial charge in [-0.2, -0.15) is 0 Å². The smallest absolute Gasteiger partial charge is 0.428 e. The van der Waals surface area contributed by atoms with Crippen molar-refractivity contribution in [3.8, 4) is 22.6 Å². The summed E-state index contributed by atoms with van der Waals surface area (Å²) >= 11 is 0. The third-order valence-corrected chi connectivity index (χ3v) is 8.53. The van der Waals surface area contributed by atoms with Crippen molar-refractivity contribution in [2.24, 2.45) is 11.8 Å². The molecule has 0 spiro atoms. The molecule has 0 saturated heterocycles. The number of carbonyl (C=O) groups excluding carboxylic acids is 2.